The number of alkyl halides is 1. The first-order chi connectivity index (χ1) is 28.1. The number of unbranched alkanes of at least 4 members (excludes halogenated alkanes) is 1. The molecule has 0 aliphatic rings. The van der Waals surface area contributed by atoms with Gasteiger partial charge >= 0.3 is 0 Å². The summed E-state index contributed by atoms with van der Waals surface area (Å²) < 4.78 is 15.0. The van der Waals surface area contributed by atoms with Crippen LogP contribution in [0.5, 0.6) is 0 Å². The smallest absolute Gasteiger partial charge is 0.287 e. The van der Waals surface area contributed by atoms with Crippen molar-refractivity contribution in [1.29, 1.82) is 0 Å². The third-order valence-corrected chi connectivity index (χ3v) is 23.2. The van der Waals surface area contributed by atoms with Crippen LogP contribution in [0.2, 0.25) is 51.3 Å². The van der Waals surface area contributed by atoms with Crippen molar-refractivity contribution in [2.24, 2.45) is 7.05 Å². The van der Waals surface area contributed by atoms with Crippen LogP contribution in [0.4, 0.5) is 0 Å². The molecule has 2 aromatic carbocycles. The van der Waals surface area contributed by atoms with E-state index in [4.69, 9.17) is 43.7 Å². The number of hydrogen-bond donors (Lipinski definition) is 0. The molecule has 0 amide bonds. The summed E-state index contributed by atoms with van der Waals surface area (Å²) in [5, 5.41) is 9.89. The Balaban J connectivity index is 0.000000338. The zero-order valence-electron chi connectivity index (χ0n) is 39.0. The molecule has 340 valence electrons. The van der Waals surface area contributed by atoms with Crippen molar-refractivity contribution >= 4 is 79.1 Å². The summed E-state index contributed by atoms with van der Waals surface area (Å²) in [6.07, 6.45) is 8.60. The fraction of sp³-hybridized carbons (Fsp3) is 0.565. The van der Waals surface area contributed by atoms with E-state index in [1.165, 1.54) is 56.0 Å². The van der Waals surface area contributed by atoms with Crippen LogP contribution in [0.1, 0.15) is 104 Å². The quantitative estimate of drug-likeness (QED) is 0.0507. The lowest BCUT2D eigenvalue weighted by atomic mass is 10.1. The molecular weight excluding hydrogens is 947 g/mol. The maximum atomic E-state index is 11.8. The summed E-state index contributed by atoms with van der Waals surface area (Å²) in [5.41, 5.74) is 4.29. The number of hydrogen-bond acceptors (Lipinski definition) is 7. The van der Waals surface area contributed by atoms with Crippen molar-refractivity contribution in [3.63, 3.8) is 0 Å². The molecule has 15 heteroatoms. The largest absolute Gasteiger partial charge is 0.417 e. The third-order valence-electron chi connectivity index (χ3n) is 11.2. The molecule has 0 fully saturated rings. The SMILES string of the molecule is CC(C)(C)[Si](C)(C)OCCCCc1ccc(CBr)cc1.CC(C)(C)n1ncc(Cl)c(Cl)c1=O.Cn1ncc(SCc2ccc(CCCO[Si](C)(C)C(C)(C)C)cc2)c(Cl)c1=O. The molecule has 0 unspecified atom stereocenters. The van der Waals surface area contributed by atoms with Crippen LogP contribution in [-0.2, 0) is 45.4 Å². The van der Waals surface area contributed by atoms with E-state index in [9.17, 15) is 9.59 Å². The second-order valence-corrected chi connectivity index (χ2v) is 31.6. The molecule has 4 rings (SSSR count). The first kappa shape index (κ1) is 55.4. The summed E-state index contributed by atoms with van der Waals surface area (Å²) >= 11 is 22.4. The molecule has 0 aliphatic carbocycles. The normalized spacial score (nSPS) is 12.4. The number of aromatic nitrogens is 4. The highest BCUT2D eigenvalue weighted by Gasteiger charge is 2.37. The molecule has 61 heavy (non-hydrogen) atoms. The van der Waals surface area contributed by atoms with E-state index in [-0.39, 0.29) is 36.8 Å². The van der Waals surface area contributed by atoms with Gasteiger partial charge in [0, 0.05) is 31.3 Å². The number of halogens is 4. The topological polar surface area (TPSA) is 88.2 Å². The minimum absolute atomic E-state index is 0.0200. The van der Waals surface area contributed by atoms with Crippen molar-refractivity contribution in [2.45, 2.75) is 152 Å². The van der Waals surface area contributed by atoms with Crippen molar-refractivity contribution < 1.29 is 8.85 Å². The second-order valence-electron chi connectivity index (χ2n) is 19.3. The number of rotatable bonds is 15. The zero-order valence-corrected chi connectivity index (χ0v) is 45.6. The van der Waals surface area contributed by atoms with Gasteiger partial charge < -0.3 is 8.85 Å². The van der Waals surface area contributed by atoms with E-state index < -0.39 is 16.6 Å². The van der Waals surface area contributed by atoms with Gasteiger partial charge in [-0.05, 0) is 111 Å². The Kier molecular flexibility index (Phi) is 22.3. The summed E-state index contributed by atoms with van der Waals surface area (Å²) in [4.78, 5) is 24.1. The average Bonchev–Trinajstić information content (AvgIpc) is 3.17. The molecule has 2 heterocycles. The zero-order chi connectivity index (χ0) is 46.4. The monoisotopic (exact) mass is 1010 g/mol. The van der Waals surface area contributed by atoms with Crippen molar-refractivity contribution in [1.82, 2.24) is 19.6 Å². The Hall–Kier alpha value is -1.75. The Morgan fingerprint density at radius 1 is 0.639 bits per heavy atom. The molecule has 4 aromatic rings. The van der Waals surface area contributed by atoms with E-state index in [2.05, 4.69) is 142 Å². The molecule has 0 aliphatic heterocycles. The maximum Gasteiger partial charge on any atom is 0.287 e. The van der Waals surface area contributed by atoms with Crippen LogP contribution in [0.3, 0.4) is 0 Å². The van der Waals surface area contributed by atoms with Gasteiger partial charge in [-0.25, -0.2) is 9.36 Å². The van der Waals surface area contributed by atoms with Gasteiger partial charge in [-0.2, -0.15) is 10.2 Å². The number of nitrogens with zero attached hydrogens (tertiary/aromatic N) is 4. The highest BCUT2D eigenvalue weighted by molar-refractivity contribution is 9.08. The second kappa shape index (κ2) is 24.5. The molecule has 0 N–H and O–H groups in total. The Morgan fingerprint density at radius 2 is 1.10 bits per heavy atom. The maximum absolute atomic E-state index is 11.8. The summed E-state index contributed by atoms with van der Waals surface area (Å²) in [6.45, 7) is 30.3. The van der Waals surface area contributed by atoms with Crippen molar-refractivity contribution in [2.75, 3.05) is 13.2 Å². The van der Waals surface area contributed by atoms with Gasteiger partial charge in [-0.1, -0.05) is 141 Å². The minimum atomic E-state index is -1.65. The fourth-order valence-corrected chi connectivity index (χ4v) is 9.03. The fourth-order valence-electron chi connectivity index (χ4n) is 5.04. The molecule has 0 radical (unpaired) electrons. The summed E-state index contributed by atoms with van der Waals surface area (Å²) in [5.74, 6) is 0.753. The lowest BCUT2D eigenvalue weighted by Crippen LogP contribution is -2.41. The van der Waals surface area contributed by atoms with Gasteiger partial charge in [0.25, 0.3) is 11.1 Å². The van der Waals surface area contributed by atoms with E-state index in [0.29, 0.717) is 5.04 Å². The molecular formula is C46H70BrCl3N4O4SSi2. The number of benzene rings is 2. The lowest BCUT2D eigenvalue weighted by molar-refractivity contribution is 0.279. The first-order valence-corrected chi connectivity index (χ1v) is 29.9. The third kappa shape index (κ3) is 18.3. The van der Waals surface area contributed by atoms with E-state index in [1.807, 2.05) is 20.8 Å². The van der Waals surface area contributed by atoms with E-state index in [0.717, 1.165) is 54.9 Å². The molecule has 2 aromatic heterocycles. The van der Waals surface area contributed by atoms with Gasteiger partial charge in [0.15, 0.2) is 16.6 Å². The van der Waals surface area contributed by atoms with Crippen LogP contribution >= 0.6 is 62.5 Å². The van der Waals surface area contributed by atoms with Gasteiger partial charge in [0.1, 0.15) is 10.0 Å². The van der Waals surface area contributed by atoms with Gasteiger partial charge in [-0.15, -0.1) is 11.8 Å². The van der Waals surface area contributed by atoms with Crippen LogP contribution in [0.25, 0.3) is 0 Å². The van der Waals surface area contributed by atoms with Crippen LogP contribution in [-0.4, -0.2) is 49.4 Å². The molecule has 0 bridgehead atoms. The lowest BCUT2D eigenvalue weighted by Gasteiger charge is -2.36. The molecule has 0 saturated carbocycles. The average molecular weight is 1020 g/mol. The Morgan fingerprint density at radius 3 is 1.57 bits per heavy atom. The van der Waals surface area contributed by atoms with Gasteiger partial charge in [0.05, 0.1) is 27.9 Å². The highest BCUT2D eigenvalue weighted by Crippen LogP contribution is 2.37. The first-order valence-electron chi connectivity index (χ1n) is 20.9. The van der Waals surface area contributed by atoms with Crippen LogP contribution in [0, 0.1) is 0 Å². The molecule has 0 atom stereocenters. The minimum Gasteiger partial charge on any atom is -0.417 e. The summed E-state index contributed by atoms with van der Waals surface area (Å²) in [7, 11) is -1.61. The predicted octanol–water partition coefficient (Wildman–Crippen LogP) is 13.9. The van der Waals surface area contributed by atoms with E-state index in [1.54, 1.807) is 13.2 Å². The Bertz CT molecular complexity index is 2080. The van der Waals surface area contributed by atoms with Gasteiger partial charge in [-0.3, -0.25) is 9.59 Å². The standard InChI is InChI=1S/C21H31ClN2O2SSi.C17H29BrOSi.C8H10Cl2N2O/c1-21(2,3)28(5,6)26-13-7-8-16-9-11-17(12-10-16)15-27-18-14-23-24(4)20(25)19(18)22;1-17(2,3)20(4,5)19-13-7-6-8-15-9-11-16(14-18)12-10-15;1-8(2,3)12-7(13)6(10)5(9)4-11-12/h9-12,14H,7-8,13,15H2,1-6H3;9-12H,6-8,13-14H2,1-5H3;4H,1-3H3. The predicted molar refractivity (Wildman–Crippen MR) is 271 cm³/mol. The summed E-state index contributed by atoms with van der Waals surface area (Å²) in [6, 6.07) is 17.5. The molecule has 8 nitrogen and oxygen atoms in total. The van der Waals surface area contributed by atoms with Crippen molar-refractivity contribution in [3.8, 4) is 0 Å². The van der Waals surface area contributed by atoms with Crippen LogP contribution < -0.4 is 11.1 Å². The number of aryl methyl sites for hydroxylation is 3. The van der Waals surface area contributed by atoms with E-state index >= 15 is 0 Å². The van der Waals surface area contributed by atoms with Crippen LogP contribution in [0.15, 0.2) is 75.4 Å². The Labute approximate surface area is 396 Å². The van der Waals surface area contributed by atoms with Gasteiger partial charge in [0.2, 0.25) is 0 Å². The highest BCUT2D eigenvalue weighted by atomic mass is 79.9. The number of thioether (sulfide) groups is 1. The molecule has 0 saturated heterocycles. The molecule has 0 spiro atoms. The van der Waals surface area contributed by atoms with Crippen molar-refractivity contribution in [3.05, 3.63) is 119 Å².